The molecule has 3 unspecified atom stereocenters. The van der Waals surface area contributed by atoms with E-state index in [2.05, 4.69) is 24.2 Å². The maximum Gasteiger partial charge on any atom is 0.250 e. The highest BCUT2D eigenvalue weighted by Gasteiger charge is 2.28. The number of hydrazine groups is 1. The fraction of sp³-hybridized carbons (Fsp3) is 0.900. The Balaban J connectivity index is 2.54. The molecule has 0 aromatic carbocycles. The Bertz CT molecular complexity index is 198. The third kappa shape index (κ3) is 2.69. The molecule has 1 amide bonds. The zero-order valence-electron chi connectivity index (χ0n) is 9.29. The molecule has 1 aliphatic rings. The lowest BCUT2D eigenvalue weighted by Crippen LogP contribution is -2.51. The van der Waals surface area contributed by atoms with Crippen molar-refractivity contribution in [2.45, 2.75) is 33.2 Å². The Morgan fingerprint density at radius 1 is 1.43 bits per heavy atom. The number of hydrogen-bond acceptors (Lipinski definition) is 3. The molecule has 4 nitrogen and oxygen atoms in total. The largest absolute Gasteiger partial charge is 0.293 e. The number of nitrogens with two attached hydrogens (primary N) is 1. The van der Waals surface area contributed by atoms with Crippen LogP contribution in [0.4, 0.5) is 0 Å². The van der Waals surface area contributed by atoms with Crippen LogP contribution in [0, 0.1) is 11.8 Å². The van der Waals surface area contributed by atoms with Gasteiger partial charge in [-0.15, -0.1) is 0 Å². The predicted molar refractivity (Wildman–Crippen MR) is 56.3 cm³/mol. The number of nitrogens with one attached hydrogen (secondary N) is 1. The topological polar surface area (TPSA) is 58.4 Å². The van der Waals surface area contributed by atoms with Crippen molar-refractivity contribution in [3.63, 3.8) is 0 Å². The van der Waals surface area contributed by atoms with Crippen LogP contribution in [-0.4, -0.2) is 29.9 Å². The maximum absolute atomic E-state index is 11.3. The summed E-state index contributed by atoms with van der Waals surface area (Å²) >= 11 is 0. The highest BCUT2D eigenvalue weighted by Crippen LogP contribution is 2.22. The molecule has 0 spiro atoms. The van der Waals surface area contributed by atoms with Gasteiger partial charge in [-0.3, -0.25) is 15.1 Å². The quantitative estimate of drug-likeness (QED) is 0.383. The molecule has 3 atom stereocenters. The first-order chi connectivity index (χ1) is 6.54. The van der Waals surface area contributed by atoms with E-state index in [4.69, 9.17) is 5.84 Å². The monoisotopic (exact) mass is 199 g/mol. The van der Waals surface area contributed by atoms with Crippen LogP contribution in [0.25, 0.3) is 0 Å². The van der Waals surface area contributed by atoms with E-state index < -0.39 is 0 Å². The minimum absolute atomic E-state index is 0.0914. The summed E-state index contributed by atoms with van der Waals surface area (Å²) in [5.74, 6) is 6.38. The second-order valence-corrected chi connectivity index (χ2v) is 4.58. The lowest BCUT2D eigenvalue weighted by Gasteiger charge is -2.37. The van der Waals surface area contributed by atoms with Crippen molar-refractivity contribution in [1.29, 1.82) is 0 Å². The Morgan fingerprint density at radius 3 is 2.36 bits per heavy atom. The van der Waals surface area contributed by atoms with Crippen molar-refractivity contribution in [1.82, 2.24) is 10.3 Å². The van der Waals surface area contributed by atoms with Gasteiger partial charge in [-0.25, -0.2) is 5.84 Å². The minimum atomic E-state index is -0.106. The molecule has 0 aromatic rings. The van der Waals surface area contributed by atoms with E-state index in [0.29, 0.717) is 11.8 Å². The summed E-state index contributed by atoms with van der Waals surface area (Å²) in [5.41, 5.74) is 2.21. The average molecular weight is 199 g/mol. The summed E-state index contributed by atoms with van der Waals surface area (Å²) in [7, 11) is 0. The van der Waals surface area contributed by atoms with Gasteiger partial charge in [0.1, 0.15) is 0 Å². The number of hydrogen-bond donors (Lipinski definition) is 2. The lowest BCUT2D eigenvalue weighted by molar-refractivity contribution is -0.126. The molecular formula is C10H21N3O. The maximum atomic E-state index is 11.3. The van der Waals surface area contributed by atoms with E-state index in [-0.39, 0.29) is 11.9 Å². The molecule has 1 heterocycles. The van der Waals surface area contributed by atoms with Crippen LogP contribution in [0.5, 0.6) is 0 Å². The first-order valence-electron chi connectivity index (χ1n) is 5.29. The normalized spacial score (nSPS) is 31.1. The molecule has 4 heteroatoms. The SMILES string of the molecule is CC1CC(C)CN(C(C)C(=O)NN)C1. The van der Waals surface area contributed by atoms with Crippen molar-refractivity contribution in [2.24, 2.45) is 17.7 Å². The fourth-order valence-electron chi connectivity index (χ4n) is 2.31. The van der Waals surface area contributed by atoms with Crippen LogP contribution >= 0.6 is 0 Å². The third-order valence-electron chi connectivity index (χ3n) is 2.97. The van der Waals surface area contributed by atoms with Gasteiger partial charge in [0.15, 0.2) is 0 Å². The molecule has 0 aromatic heterocycles. The first-order valence-corrected chi connectivity index (χ1v) is 5.29. The van der Waals surface area contributed by atoms with Crippen molar-refractivity contribution in [3.8, 4) is 0 Å². The summed E-state index contributed by atoms with van der Waals surface area (Å²) in [5, 5.41) is 0. The van der Waals surface area contributed by atoms with Gasteiger partial charge in [0.05, 0.1) is 6.04 Å². The van der Waals surface area contributed by atoms with Gasteiger partial charge in [0.2, 0.25) is 0 Å². The second-order valence-electron chi connectivity index (χ2n) is 4.58. The molecule has 1 saturated heterocycles. The number of carbonyl (C=O) groups is 1. The van der Waals surface area contributed by atoms with Crippen LogP contribution in [0.3, 0.4) is 0 Å². The molecule has 0 saturated carbocycles. The summed E-state index contributed by atoms with van der Waals surface area (Å²) in [4.78, 5) is 13.6. The van der Waals surface area contributed by atoms with Gasteiger partial charge in [-0.05, 0) is 25.2 Å². The Kier molecular flexibility index (Phi) is 3.89. The zero-order valence-corrected chi connectivity index (χ0v) is 9.29. The number of likely N-dealkylation sites (tertiary alicyclic amines) is 1. The molecule has 1 rings (SSSR count). The standard InChI is InChI=1S/C10H21N3O/c1-7-4-8(2)6-13(5-7)9(3)10(14)12-11/h7-9H,4-6,11H2,1-3H3,(H,12,14). The van der Waals surface area contributed by atoms with Crippen LogP contribution in [0.15, 0.2) is 0 Å². The third-order valence-corrected chi connectivity index (χ3v) is 2.97. The second kappa shape index (κ2) is 4.75. The van der Waals surface area contributed by atoms with E-state index in [1.54, 1.807) is 0 Å². The Hall–Kier alpha value is -0.610. The molecule has 1 aliphatic heterocycles. The summed E-state index contributed by atoms with van der Waals surface area (Å²) < 4.78 is 0. The molecule has 0 radical (unpaired) electrons. The minimum Gasteiger partial charge on any atom is -0.293 e. The molecule has 1 fully saturated rings. The highest BCUT2D eigenvalue weighted by atomic mass is 16.2. The summed E-state index contributed by atoms with van der Waals surface area (Å²) in [6.07, 6.45) is 1.26. The Morgan fingerprint density at radius 2 is 1.93 bits per heavy atom. The predicted octanol–water partition coefficient (Wildman–Crippen LogP) is 0.343. The summed E-state index contributed by atoms with van der Waals surface area (Å²) in [6, 6.07) is -0.106. The van der Waals surface area contributed by atoms with E-state index in [1.807, 2.05) is 6.92 Å². The fourth-order valence-corrected chi connectivity index (χ4v) is 2.31. The number of nitrogens with zero attached hydrogens (tertiary/aromatic N) is 1. The lowest BCUT2D eigenvalue weighted by atomic mass is 9.91. The number of amides is 1. The summed E-state index contributed by atoms with van der Waals surface area (Å²) in [6.45, 7) is 8.37. The van der Waals surface area contributed by atoms with E-state index in [1.165, 1.54) is 6.42 Å². The van der Waals surface area contributed by atoms with E-state index in [0.717, 1.165) is 13.1 Å². The van der Waals surface area contributed by atoms with Crippen molar-refractivity contribution in [2.75, 3.05) is 13.1 Å². The van der Waals surface area contributed by atoms with Crippen molar-refractivity contribution >= 4 is 5.91 Å². The molecule has 82 valence electrons. The van der Waals surface area contributed by atoms with E-state index >= 15 is 0 Å². The van der Waals surface area contributed by atoms with Crippen LogP contribution in [0.2, 0.25) is 0 Å². The highest BCUT2D eigenvalue weighted by molar-refractivity contribution is 5.80. The van der Waals surface area contributed by atoms with Gasteiger partial charge in [0.25, 0.3) is 5.91 Å². The number of rotatable bonds is 2. The molecular weight excluding hydrogens is 178 g/mol. The van der Waals surface area contributed by atoms with Gasteiger partial charge in [-0.1, -0.05) is 13.8 Å². The van der Waals surface area contributed by atoms with Gasteiger partial charge in [-0.2, -0.15) is 0 Å². The van der Waals surface area contributed by atoms with Gasteiger partial charge < -0.3 is 0 Å². The Labute approximate surface area is 85.8 Å². The average Bonchev–Trinajstić information content (AvgIpc) is 2.14. The molecule has 0 bridgehead atoms. The smallest absolute Gasteiger partial charge is 0.250 e. The van der Waals surface area contributed by atoms with Crippen LogP contribution in [0.1, 0.15) is 27.2 Å². The molecule has 0 aliphatic carbocycles. The molecule has 14 heavy (non-hydrogen) atoms. The van der Waals surface area contributed by atoms with Gasteiger partial charge in [0, 0.05) is 13.1 Å². The first kappa shape index (κ1) is 11.5. The number of piperidine rings is 1. The number of carbonyl (C=O) groups excluding carboxylic acids is 1. The van der Waals surface area contributed by atoms with Crippen molar-refractivity contribution in [3.05, 3.63) is 0 Å². The van der Waals surface area contributed by atoms with Crippen LogP contribution < -0.4 is 11.3 Å². The zero-order chi connectivity index (χ0) is 10.7. The van der Waals surface area contributed by atoms with Crippen molar-refractivity contribution < 1.29 is 4.79 Å². The molecule has 3 N–H and O–H groups in total. The van der Waals surface area contributed by atoms with Gasteiger partial charge >= 0.3 is 0 Å². The van der Waals surface area contributed by atoms with Crippen LogP contribution in [-0.2, 0) is 4.79 Å². The van der Waals surface area contributed by atoms with E-state index in [9.17, 15) is 4.79 Å².